The SMILES string of the molecule is Cc1cccn(CC(=O)N2C[C@@H](C(F)(F)F)[C@H](C(N)=O)C2)c1=O. The number of aromatic nitrogens is 1. The zero-order valence-electron chi connectivity index (χ0n) is 12.3. The highest BCUT2D eigenvalue weighted by Gasteiger charge is 2.52. The van der Waals surface area contributed by atoms with E-state index in [1.807, 2.05) is 0 Å². The second kappa shape index (κ2) is 6.05. The lowest BCUT2D eigenvalue weighted by molar-refractivity contribution is -0.182. The van der Waals surface area contributed by atoms with E-state index in [-0.39, 0.29) is 18.6 Å². The van der Waals surface area contributed by atoms with Crippen molar-refractivity contribution < 1.29 is 22.8 Å². The van der Waals surface area contributed by atoms with Crippen LogP contribution in [0.1, 0.15) is 5.56 Å². The number of nitrogens with zero attached hydrogens (tertiary/aromatic N) is 2. The number of aryl methyl sites for hydroxylation is 1. The van der Waals surface area contributed by atoms with E-state index in [9.17, 15) is 27.6 Å². The van der Waals surface area contributed by atoms with Crippen molar-refractivity contribution in [3.63, 3.8) is 0 Å². The molecule has 2 rings (SSSR count). The number of carbonyl (C=O) groups excluding carboxylic acids is 2. The Morgan fingerprint density at radius 1 is 1.35 bits per heavy atom. The number of alkyl halides is 3. The molecule has 0 saturated carbocycles. The summed E-state index contributed by atoms with van der Waals surface area (Å²) in [5.74, 6) is -5.18. The molecule has 2 atom stereocenters. The maximum atomic E-state index is 13.0. The van der Waals surface area contributed by atoms with Crippen LogP contribution in [0.4, 0.5) is 13.2 Å². The average molecular weight is 331 g/mol. The summed E-state index contributed by atoms with van der Waals surface area (Å²) in [7, 11) is 0. The largest absolute Gasteiger partial charge is 0.394 e. The van der Waals surface area contributed by atoms with Crippen molar-refractivity contribution in [3.05, 3.63) is 34.2 Å². The van der Waals surface area contributed by atoms with Crippen LogP contribution in [0.15, 0.2) is 23.1 Å². The first-order valence-electron chi connectivity index (χ1n) is 6.91. The van der Waals surface area contributed by atoms with Crippen LogP contribution in [0.25, 0.3) is 0 Å². The molecule has 2 heterocycles. The van der Waals surface area contributed by atoms with Gasteiger partial charge < -0.3 is 15.2 Å². The normalized spacial score (nSPS) is 21.5. The first kappa shape index (κ1) is 17.0. The Morgan fingerprint density at radius 2 is 2.00 bits per heavy atom. The number of amides is 2. The summed E-state index contributed by atoms with van der Waals surface area (Å²) in [6, 6.07) is 3.14. The molecule has 0 aliphatic carbocycles. The molecule has 0 bridgehead atoms. The Kier molecular flexibility index (Phi) is 4.49. The van der Waals surface area contributed by atoms with Crippen molar-refractivity contribution in [1.82, 2.24) is 9.47 Å². The minimum Gasteiger partial charge on any atom is -0.369 e. The lowest BCUT2D eigenvalue weighted by Gasteiger charge is -2.19. The Bertz CT molecular complexity index is 684. The van der Waals surface area contributed by atoms with E-state index in [4.69, 9.17) is 5.73 Å². The molecule has 1 fully saturated rings. The molecule has 0 aromatic carbocycles. The molecule has 9 heteroatoms. The average Bonchev–Trinajstić information content (AvgIpc) is 2.89. The quantitative estimate of drug-likeness (QED) is 0.863. The van der Waals surface area contributed by atoms with Crippen LogP contribution in [0, 0.1) is 18.8 Å². The van der Waals surface area contributed by atoms with E-state index in [0.29, 0.717) is 5.56 Å². The van der Waals surface area contributed by atoms with Gasteiger partial charge >= 0.3 is 6.18 Å². The number of rotatable bonds is 3. The number of nitrogens with two attached hydrogens (primary N) is 1. The van der Waals surface area contributed by atoms with Gasteiger partial charge in [0.05, 0.1) is 11.8 Å². The van der Waals surface area contributed by atoms with E-state index >= 15 is 0 Å². The fourth-order valence-electron chi connectivity index (χ4n) is 2.65. The Morgan fingerprint density at radius 3 is 2.52 bits per heavy atom. The first-order valence-corrected chi connectivity index (χ1v) is 6.91. The molecule has 6 nitrogen and oxygen atoms in total. The number of pyridine rings is 1. The van der Waals surface area contributed by atoms with Gasteiger partial charge in [-0.25, -0.2) is 0 Å². The number of hydrogen-bond donors (Lipinski definition) is 1. The van der Waals surface area contributed by atoms with Gasteiger partial charge in [0.25, 0.3) is 5.56 Å². The molecule has 1 aromatic rings. The van der Waals surface area contributed by atoms with E-state index in [1.165, 1.54) is 6.20 Å². The van der Waals surface area contributed by atoms with Crippen LogP contribution in [0.5, 0.6) is 0 Å². The molecular formula is C14H16F3N3O3. The number of halogens is 3. The molecule has 1 saturated heterocycles. The molecule has 0 unspecified atom stereocenters. The number of likely N-dealkylation sites (tertiary alicyclic amines) is 1. The number of hydrogen-bond acceptors (Lipinski definition) is 3. The highest BCUT2D eigenvalue weighted by Crippen LogP contribution is 2.37. The second-order valence-electron chi connectivity index (χ2n) is 5.58. The summed E-state index contributed by atoms with van der Waals surface area (Å²) < 4.78 is 40.0. The summed E-state index contributed by atoms with van der Waals surface area (Å²) in [4.78, 5) is 36.2. The highest BCUT2D eigenvalue weighted by molar-refractivity contribution is 5.81. The van der Waals surface area contributed by atoms with E-state index < -0.39 is 36.4 Å². The highest BCUT2D eigenvalue weighted by atomic mass is 19.4. The van der Waals surface area contributed by atoms with Crippen molar-refractivity contribution >= 4 is 11.8 Å². The van der Waals surface area contributed by atoms with E-state index in [0.717, 1.165) is 9.47 Å². The van der Waals surface area contributed by atoms with Crippen LogP contribution < -0.4 is 11.3 Å². The van der Waals surface area contributed by atoms with Crippen molar-refractivity contribution in [3.8, 4) is 0 Å². The first-order chi connectivity index (χ1) is 10.6. The van der Waals surface area contributed by atoms with Gasteiger partial charge in [-0.15, -0.1) is 0 Å². The third-order valence-corrected chi connectivity index (χ3v) is 3.97. The lowest BCUT2D eigenvalue weighted by atomic mass is 9.95. The van der Waals surface area contributed by atoms with Crippen molar-refractivity contribution in [2.24, 2.45) is 17.6 Å². The van der Waals surface area contributed by atoms with Gasteiger partial charge in [-0.05, 0) is 13.0 Å². The fourth-order valence-corrected chi connectivity index (χ4v) is 2.65. The molecule has 1 aliphatic heterocycles. The maximum absolute atomic E-state index is 13.0. The Balaban J connectivity index is 2.16. The summed E-state index contributed by atoms with van der Waals surface area (Å²) in [5, 5.41) is 0. The molecule has 2 N–H and O–H groups in total. The van der Waals surface area contributed by atoms with Gasteiger partial charge in [0.15, 0.2) is 0 Å². The van der Waals surface area contributed by atoms with E-state index in [1.54, 1.807) is 19.1 Å². The molecule has 2 amide bonds. The molecule has 1 aromatic heterocycles. The van der Waals surface area contributed by atoms with Crippen LogP contribution in [-0.2, 0) is 16.1 Å². The summed E-state index contributed by atoms with van der Waals surface area (Å²) in [6.45, 7) is 0.175. The Hall–Kier alpha value is -2.32. The predicted molar refractivity (Wildman–Crippen MR) is 74.2 cm³/mol. The predicted octanol–water partition coefficient (Wildman–Crippen LogP) is 0.279. The maximum Gasteiger partial charge on any atom is 0.394 e. The molecule has 126 valence electrons. The third-order valence-electron chi connectivity index (χ3n) is 3.97. The third kappa shape index (κ3) is 3.54. The van der Waals surface area contributed by atoms with Crippen LogP contribution in [-0.4, -0.2) is 40.5 Å². The fraction of sp³-hybridized carbons (Fsp3) is 0.500. The van der Waals surface area contributed by atoms with Crippen LogP contribution in [0.2, 0.25) is 0 Å². The summed E-state index contributed by atoms with van der Waals surface area (Å²) in [5.41, 5.74) is 5.04. The summed E-state index contributed by atoms with van der Waals surface area (Å²) in [6.07, 6.45) is -3.23. The standard InChI is InChI=1S/C14H16F3N3O3/c1-8-3-2-4-19(13(8)23)7-11(21)20-5-9(12(18)22)10(6-20)14(15,16)17/h2-4,9-10H,5-7H2,1H3,(H2,18,22)/t9-,10-/m1/s1. The van der Waals surface area contributed by atoms with E-state index in [2.05, 4.69) is 0 Å². The monoisotopic (exact) mass is 331 g/mol. The van der Waals surface area contributed by atoms with Gasteiger partial charge in [0, 0.05) is 24.8 Å². The molecule has 23 heavy (non-hydrogen) atoms. The van der Waals surface area contributed by atoms with Gasteiger partial charge in [0.2, 0.25) is 11.8 Å². The smallest absolute Gasteiger partial charge is 0.369 e. The van der Waals surface area contributed by atoms with Crippen molar-refractivity contribution in [2.75, 3.05) is 13.1 Å². The lowest BCUT2D eigenvalue weighted by Crippen LogP contribution is -2.37. The van der Waals surface area contributed by atoms with Gasteiger partial charge in [-0.3, -0.25) is 14.4 Å². The van der Waals surface area contributed by atoms with Gasteiger partial charge in [-0.2, -0.15) is 13.2 Å². The number of carbonyl (C=O) groups is 2. The Labute approximate surface area is 129 Å². The minimum atomic E-state index is -4.62. The molecule has 0 spiro atoms. The van der Waals surface area contributed by atoms with Crippen molar-refractivity contribution in [1.29, 1.82) is 0 Å². The minimum absolute atomic E-state index is 0.378. The summed E-state index contributed by atoms with van der Waals surface area (Å²) >= 11 is 0. The number of primary amides is 1. The molecule has 1 aliphatic rings. The van der Waals surface area contributed by atoms with Crippen LogP contribution >= 0.6 is 0 Å². The topological polar surface area (TPSA) is 85.4 Å². The zero-order chi connectivity index (χ0) is 17.4. The zero-order valence-corrected chi connectivity index (χ0v) is 12.3. The second-order valence-corrected chi connectivity index (χ2v) is 5.58. The molecule has 0 radical (unpaired) electrons. The van der Waals surface area contributed by atoms with Crippen LogP contribution in [0.3, 0.4) is 0 Å². The van der Waals surface area contributed by atoms with Crippen molar-refractivity contribution in [2.45, 2.75) is 19.6 Å². The molecular weight excluding hydrogens is 315 g/mol. The van der Waals surface area contributed by atoms with Gasteiger partial charge in [-0.1, -0.05) is 6.07 Å². The van der Waals surface area contributed by atoms with Gasteiger partial charge in [0.1, 0.15) is 6.54 Å².